The Morgan fingerprint density at radius 1 is 1.27 bits per heavy atom. The summed E-state index contributed by atoms with van der Waals surface area (Å²) in [7, 11) is 1.63. The Balaban J connectivity index is 1.66. The van der Waals surface area contributed by atoms with Gasteiger partial charge in [-0.2, -0.15) is 0 Å². The molecule has 0 fully saturated rings. The topological polar surface area (TPSA) is 74.8 Å². The van der Waals surface area contributed by atoms with Crippen LogP contribution in [0.5, 0.6) is 5.75 Å². The molecule has 3 N–H and O–H groups in total. The summed E-state index contributed by atoms with van der Waals surface area (Å²) in [4.78, 5) is 16.6. The smallest absolute Gasteiger partial charge is 0.228 e. The van der Waals surface area contributed by atoms with Crippen LogP contribution in [-0.4, -0.2) is 25.5 Å². The summed E-state index contributed by atoms with van der Waals surface area (Å²) >= 11 is 6.08. The molecule has 6 nitrogen and oxygen atoms in total. The van der Waals surface area contributed by atoms with Crippen LogP contribution in [0.3, 0.4) is 0 Å². The fraction of sp³-hybridized carbons (Fsp3) is 0.158. The van der Waals surface area contributed by atoms with Crippen molar-refractivity contribution >= 4 is 40.8 Å². The maximum atomic E-state index is 12.2. The lowest BCUT2D eigenvalue weighted by Crippen LogP contribution is -2.36. The van der Waals surface area contributed by atoms with Crippen molar-refractivity contribution in [1.29, 1.82) is 0 Å². The molecule has 0 saturated heterocycles. The average Bonchev–Trinajstić information content (AvgIpc) is 2.77. The molecule has 4 rings (SSSR count). The summed E-state index contributed by atoms with van der Waals surface area (Å²) in [6, 6.07) is 13.1. The van der Waals surface area contributed by atoms with Crippen molar-refractivity contribution in [3.63, 3.8) is 0 Å². The van der Waals surface area contributed by atoms with Gasteiger partial charge in [-0.1, -0.05) is 23.7 Å². The minimum Gasteiger partial charge on any atom is -0.495 e. The van der Waals surface area contributed by atoms with Crippen molar-refractivity contribution in [1.82, 2.24) is 5.32 Å². The van der Waals surface area contributed by atoms with Crippen molar-refractivity contribution in [3.05, 3.63) is 58.6 Å². The number of carbonyl (C=O) groups is 1. The first-order valence-corrected chi connectivity index (χ1v) is 8.54. The number of nitrogens with zero attached hydrogens (tertiary/aromatic N) is 1. The van der Waals surface area contributed by atoms with Crippen LogP contribution in [0.25, 0.3) is 5.70 Å². The Hall–Kier alpha value is -2.99. The maximum absolute atomic E-state index is 12.2. The molecule has 2 aliphatic heterocycles. The minimum atomic E-state index is -0.387. The highest BCUT2D eigenvalue weighted by molar-refractivity contribution is 6.31. The summed E-state index contributed by atoms with van der Waals surface area (Å²) in [5.41, 5.74) is 4.09. The van der Waals surface area contributed by atoms with Crippen LogP contribution in [0.4, 0.5) is 11.4 Å². The van der Waals surface area contributed by atoms with Crippen molar-refractivity contribution < 1.29 is 9.53 Å². The number of ether oxygens (including phenoxy) is 1. The van der Waals surface area contributed by atoms with E-state index in [1.54, 1.807) is 25.5 Å². The second-order valence-electron chi connectivity index (χ2n) is 5.98. The Bertz CT molecular complexity index is 939. The van der Waals surface area contributed by atoms with E-state index >= 15 is 0 Å². The number of hydrogen-bond donors (Lipinski definition) is 3. The van der Waals surface area contributed by atoms with Gasteiger partial charge in [0.1, 0.15) is 5.75 Å². The predicted octanol–water partition coefficient (Wildman–Crippen LogP) is 3.47. The van der Waals surface area contributed by atoms with Crippen LogP contribution < -0.4 is 20.7 Å². The highest BCUT2D eigenvalue weighted by atomic mass is 35.5. The van der Waals surface area contributed by atoms with Crippen LogP contribution in [0.2, 0.25) is 5.02 Å². The lowest BCUT2D eigenvalue weighted by Gasteiger charge is -2.26. The summed E-state index contributed by atoms with van der Waals surface area (Å²) in [5, 5.41) is 10.1. The fourth-order valence-corrected chi connectivity index (χ4v) is 3.24. The summed E-state index contributed by atoms with van der Waals surface area (Å²) in [6.45, 7) is 0. The van der Waals surface area contributed by atoms with Crippen LogP contribution in [0, 0.1) is 0 Å². The number of fused-ring (bicyclic) bond motifs is 2. The molecule has 2 aromatic carbocycles. The van der Waals surface area contributed by atoms with E-state index in [0.717, 1.165) is 28.3 Å². The lowest BCUT2D eigenvalue weighted by molar-refractivity contribution is -0.115. The third kappa shape index (κ3) is 3.11. The minimum absolute atomic E-state index is 0.0945. The van der Waals surface area contributed by atoms with Gasteiger partial charge in [0, 0.05) is 22.4 Å². The van der Waals surface area contributed by atoms with Crippen LogP contribution in [0.15, 0.2) is 53.0 Å². The molecule has 132 valence electrons. The zero-order valence-corrected chi connectivity index (χ0v) is 14.8. The van der Waals surface area contributed by atoms with Gasteiger partial charge in [-0.3, -0.25) is 4.79 Å². The van der Waals surface area contributed by atoms with Crippen LogP contribution in [-0.2, 0) is 4.79 Å². The number of carbonyl (C=O) groups excluding carboxylic acids is 1. The number of methoxy groups -OCH3 is 1. The van der Waals surface area contributed by atoms with Crippen LogP contribution in [0.1, 0.15) is 12.0 Å². The summed E-state index contributed by atoms with van der Waals surface area (Å²) < 4.78 is 5.37. The van der Waals surface area contributed by atoms with E-state index in [-0.39, 0.29) is 18.6 Å². The van der Waals surface area contributed by atoms with Gasteiger partial charge in [-0.15, -0.1) is 0 Å². The Morgan fingerprint density at radius 3 is 2.96 bits per heavy atom. The summed E-state index contributed by atoms with van der Waals surface area (Å²) in [6.07, 6.45) is 1.60. The first-order chi connectivity index (χ1) is 12.6. The Kier molecular flexibility index (Phi) is 4.26. The van der Waals surface area contributed by atoms with E-state index in [1.807, 2.05) is 30.3 Å². The van der Waals surface area contributed by atoms with E-state index in [4.69, 9.17) is 16.3 Å². The number of nitrogens with one attached hydrogen (secondary N) is 3. The molecule has 0 aliphatic carbocycles. The standard InChI is InChI=1S/C19H17ClN4O2/c1-26-16-5-3-2-4-14(16)23-19-21-10-11-8-17(25)22-15-9-12(20)6-7-13(15)18(11)24-19/h2-7,9-10,19,23-24H,8H2,1H3,(H,22,25). The average molecular weight is 369 g/mol. The Morgan fingerprint density at radius 2 is 2.12 bits per heavy atom. The summed E-state index contributed by atoms with van der Waals surface area (Å²) in [5.74, 6) is 0.636. The van der Waals surface area contributed by atoms with E-state index in [0.29, 0.717) is 10.7 Å². The first kappa shape index (κ1) is 16.5. The van der Waals surface area contributed by atoms with Gasteiger partial charge < -0.3 is 20.7 Å². The number of halogens is 1. The first-order valence-electron chi connectivity index (χ1n) is 8.16. The van der Waals surface area contributed by atoms with E-state index in [1.165, 1.54) is 0 Å². The van der Waals surface area contributed by atoms with Crippen LogP contribution >= 0.6 is 11.6 Å². The normalized spacial score (nSPS) is 18.2. The van der Waals surface area contributed by atoms with Gasteiger partial charge in [-0.25, -0.2) is 4.99 Å². The highest BCUT2D eigenvalue weighted by Gasteiger charge is 2.25. The third-order valence-corrected chi connectivity index (χ3v) is 4.49. The molecule has 2 aliphatic rings. The molecule has 0 radical (unpaired) electrons. The number of hydrogen-bond acceptors (Lipinski definition) is 5. The maximum Gasteiger partial charge on any atom is 0.228 e. The van der Waals surface area contributed by atoms with Crippen molar-refractivity contribution in [2.75, 3.05) is 17.7 Å². The third-order valence-electron chi connectivity index (χ3n) is 4.26. The molecule has 0 bridgehead atoms. The number of rotatable bonds is 3. The zero-order valence-electron chi connectivity index (χ0n) is 14.0. The molecular formula is C19H17ClN4O2. The second kappa shape index (κ2) is 6.72. The van der Waals surface area contributed by atoms with Gasteiger partial charge >= 0.3 is 0 Å². The van der Waals surface area contributed by atoms with Gasteiger partial charge in [0.05, 0.1) is 30.6 Å². The molecule has 2 heterocycles. The number of benzene rings is 2. The largest absolute Gasteiger partial charge is 0.495 e. The van der Waals surface area contributed by atoms with Crippen molar-refractivity contribution in [2.24, 2.45) is 4.99 Å². The van der Waals surface area contributed by atoms with E-state index in [2.05, 4.69) is 20.9 Å². The number of aliphatic imine (C=N–C) groups is 1. The lowest BCUT2D eigenvalue weighted by atomic mass is 10.0. The van der Waals surface area contributed by atoms with Crippen molar-refractivity contribution in [3.8, 4) is 5.75 Å². The molecule has 1 unspecified atom stereocenters. The number of amides is 1. The monoisotopic (exact) mass is 368 g/mol. The van der Waals surface area contributed by atoms with Gasteiger partial charge in [0.25, 0.3) is 0 Å². The van der Waals surface area contributed by atoms with E-state index in [9.17, 15) is 4.79 Å². The molecular weight excluding hydrogens is 352 g/mol. The highest BCUT2D eigenvalue weighted by Crippen LogP contribution is 2.33. The SMILES string of the molecule is COc1ccccc1NC1N=CC2=C(N1)c1ccc(Cl)cc1NC(=O)C2. The fourth-order valence-electron chi connectivity index (χ4n) is 3.07. The molecule has 2 aromatic rings. The molecule has 26 heavy (non-hydrogen) atoms. The van der Waals surface area contributed by atoms with Gasteiger partial charge in [0.15, 0.2) is 6.29 Å². The van der Waals surface area contributed by atoms with E-state index < -0.39 is 0 Å². The molecule has 7 heteroatoms. The molecule has 1 amide bonds. The molecule has 0 spiro atoms. The quantitative estimate of drug-likeness (QED) is 0.775. The molecule has 0 aromatic heterocycles. The molecule has 0 saturated carbocycles. The van der Waals surface area contributed by atoms with Gasteiger partial charge in [-0.05, 0) is 30.3 Å². The second-order valence-corrected chi connectivity index (χ2v) is 6.42. The van der Waals surface area contributed by atoms with Crippen molar-refractivity contribution in [2.45, 2.75) is 12.7 Å². The number of para-hydroxylation sites is 2. The molecule has 1 atom stereocenters. The zero-order chi connectivity index (χ0) is 18.1. The predicted molar refractivity (Wildman–Crippen MR) is 104 cm³/mol. The Labute approximate surface area is 155 Å². The number of anilines is 2. The van der Waals surface area contributed by atoms with Gasteiger partial charge in [0.2, 0.25) is 5.91 Å².